The van der Waals surface area contributed by atoms with Crippen LogP contribution in [0.15, 0.2) is 12.1 Å². The SMILES string of the molecule is COc1ccc(Cl)c(CCO)c1OC. The van der Waals surface area contributed by atoms with Gasteiger partial charge in [0.2, 0.25) is 0 Å². The van der Waals surface area contributed by atoms with Gasteiger partial charge in [-0.3, -0.25) is 0 Å². The molecule has 0 spiro atoms. The second-order valence-corrected chi connectivity index (χ2v) is 3.14. The largest absolute Gasteiger partial charge is 0.493 e. The zero-order valence-corrected chi connectivity index (χ0v) is 8.97. The van der Waals surface area contributed by atoms with Gasteiger partial charge in [-0.15, -0.1) is 0 Å². The fourth-order valence-corrected chi connectivity index (χ4v) is 1.55. The lowest BCUT2D eigenvalue weighted by atomic mass is 10.1. The van der Waals surface area contributed by atoms with Crippen molar-refractivity contribution < 1.29 is 14.6 Å². The summed E-state index contributed by atoms with van der Waals surface area (Å²) < 4.78 is 10.3. The highest BCUT2D eigenvalue weighted by molar-refractivity contribution is 6.31. The first-order valence-corrected chi connectivity index (χ1v) is 4.62. The molecule has 0 saturated carbocycles. The lowest BCUT2D eigenvalue weighted by Crippen LogP contribution is -1.99. The minimum absolute atomic E-state index is 0.0310. The third-order valence-corrected chi connectivity index (χ3v) is 2.31. The second-order valence-electron chi connectivity index (χ2n) is 2.74. The maximum atomic E-state index is 8.87. The fraction of sp³-hybridized carbons (Fsp3) is 0.400. The fourth-order valence-electron chi connectivity index (χ4n) is 1.31. The average molecular weight is 217 g/mol. The van der Waals surface area contributed by atoms with E-state index in [1.54, 1.807) is 26.4 Å². The summed E-state index contributed by atoms with van der Waals surface area (Å²) in [6.07, 6.45) is 0.458. The van der Waals surface area contributed by atoms with Gasteiger partial charge in [-0.2, -0.15) is 0 Å². The van der Waals surface area contributed by atoms with E-state index in [9.17, 15) is 0 Å². The monoisotopic (exact) mass is 216 g/mol. The molecule has 0 aliphatic heterocycles. The lowest BCUT2D eigenvalue weighted by Gasteiger charge is -2.13. The number of halogens is 1. The molecule has 0 bridgehead atoms. The van der Waals surface area contributed by atoms with Crippen LogP contribution in [0.4, 0.5) is 0 Å². The Bertz CT molecular complexity index is 312. The molecule has 3 nitrogen and oxygen atoms in total. The van der Waals surface area contributed by atoms with Crippen LogP contribution < -0.4 is 9.47 Å². The number of ether oxygens (including phenoxy) is 2. The number of aliphatic hydroxyl groups is 1. The second kappa shape index (κ2) is 5.08. The number of methoxy groups -OCH3 is 2. The molecule has 0 radical (unpaired) electrons. The first kappa shape index (κ1) is 11.1. The van der Waals surface area contributed by atoms with E-state index >= 15 is 0 Å². The molecule has 1 aromatic carbocycles. The van der Waals surface area contributed by atoms with Crippen molar-refractivity contribution >= 4 is 11.6 Å². The Kier molecular flexibility index (Phi) is 4.04. The number of aliphatic hydroxyl groups excluding tert-OH is 1. The van der Waals surface area contributed by atoms with E-state index in [4.69, 9.17) is 26.2 Å². The highest BCUT2D eigenvalue weighted by Gasteiger charge is 2.12. The molecule has 0 aromatic heterocycles. The van der Waals surface area contributed by atoms with Crippen molar-refractivity contribution in [3.63, 3.8) is 0 Å². The Morgan fingerprint density at radius 1 is 1.29 bits per heavy atom. The molecule has 1 aromatic rings. The van der Waals surface area contributed by atoms with Crippen molar-refractivity contribution in [2.75, 3.05) is 20.8 Å². The van der Waals surface area contributed by atoms with Crippen LogP contribution in [0.3, 0.4) is 0 Å². The van der Waals surface area contributed by atoms with Crippen LogP contribution in [0.25, 0.3) is 0 Å². The van der Waals surface area contributed by atoms with Crippen molar-refractivity contribution in [2.24, 2.45) is 0 Å². The number of hydrogen-bond donors (Lipinski definition) is 1. The van der Waals surface area contributed by atoms with Gasteiger partial charge < -0.3 is 14.6 Å². The summed E-state index contributed by atoms with van der Waals surface area (Å²) in [5, 5.41) is 9.45. The smallest absolute Gasteiger partial charge is 0.165 e. The summed E-state index contributed by atoms with van der Waals surface area (Å²) in [5.74, 6) is 1.22. The first-order valence-electron chi connectivity index (χ1n) is 4.24. The summed E-state index contributed by atoms with van der Waals surface area (Å²) in [4.78, 5) is 0. The van der Waals surface area contributed by atoms with Gasteiger partial charge in [0.1, 0.15) is 0 Å². The molecule has 0 saturated heterocycles. The van der Waals surface area contributed by atoms with Gasteiger partial charge >= 0.3 is 0 Å². The van der Waals surface area contributed by atoms with E-state index in [-0.39, 0.29) is 6.61 Å². The van der Waals surface area contributed by atoms with Gasteiger partial charge in [-0.25, -0.2) is 0 Å². The van der Waals surface area contributed by atoms with Crippen molar-refractivity contribution in [1.82, 2.24) is 0 Å². The van der Waals surface area contributed by atoms with Crippen LogP contribution in [0.1, 0.15) is 5.56 Å². The maximum Gasteiger partial charge on any atom is 0.165 e. The van der Waals surface area contributed by atoms with E-state index < -0.39 is 0 Å². The molecule has 0 heterocycles. The van der Waals surface area contributed by atoms with Crippen LogP contribution in [-0.4, -0.2) is 25.9 Å². The standard InChI is InChI=1S/C10H13ClO3/c1-13-9-4-3-8(11)7(5-6-12)10(9)14-2/h3-4,12H,5-6H2,1-2H3. The highest BCUT2D eigenvalue weighted by atomic mass is 35.5. The Balaban J connectivity index is 3.20. The van der Waals surface area contributed by atoms with Crippen molar-refractivity contribution in [3.8, 4) is 11.5 Å². The molecule has 4 heteroatoms. The minimum atomic E-state index is 0.0310. The summed E-state index contributed by atoms with van der Waals surface area (Å²) in [5.41, 5.74) is 0.774. The minimum Gasteiger partial charge on any atom is -0.493 e. The normalized spacial score (nSPS) is 10.0. The van der Waals surface area contributed by atoms with E-state index in [2.05, 4.69) is 0 Å². The first-order chi connectivity index (χ1) is 6.74. The van der Waals surface area contributed by atoms with Crippen molar-refractivity contribution in [3.05, 3.63) is 22.7 Å². The molecule has 0 amide bonds. The summed E-state index contributed by atoms with van der Waals surface area (Å²) in [6, 6.07) is 3.47. The topological polar surface area (TPSA) is 38.7 Å². The maximum absolute atomic E-state index is 8.87. The van der Waals surface area contributed by atoms with Gasteiger partial charge in [0.25, 0.3) is 0 Å². The van der Waals surface area contributed by atoms with E-state index in [1.165, 1.54) is 0 Å². The molecule has 78 valence electrons. The van der Waals surface area contributed by atoms with E-state index in [0.29, 0.717) is 22.9 Å². The lowest BCUT2D eigenvalue weighted by molar-refractivity contribution is 0.294. The van der Waals surface area contributed by atoms with Crippen molar-refractivity contribution in [2.45, 2.75) is 6.42 Å². The summed E-state index contributed by atoms with van der Waals surface area (Å²) >= 11 is 5.97. The van der Waals surface area contributed by atoms with Crippen LogP contribution in [0, 0.1) is 0 Å². The number of benzene rings is 1. The van der Waals surface area contributed by atoms with Crippen LogP contribution in [-0.2, 0) is 6.42 Å². The molecule has 14 heavy (non-hydrogen) atoms. The highest BCUT2D eigenvalue weighted by Crippen LogP contribution is 2.35. The molecule has 0 fully saturated rings. The van der Waals surface area contributed by atoms with Crippen LogP contribution in [0.2, 0.25) is 5.02 Å². The van der Waals surface area contributed by atoms with E-state index in [0.717, 1.165) is 5.56 Å². The Morgan fingerprint density at radius 3 is 2.50 bits per heavy atom. The number of rotatable bonds is 4. The van der Waals surface area contributed by atoms with Gasteiger partial charge in [0.05, 0.1) is 14.2 Å². The molecule has 0 unspecified atom stereocenters. The molecule has 0 aliphatic rings. The van der Waals surface area contributed by atoms with Crippen LogP contribution >= 0.6 is 11.6 Å². The molecular formula is C10H13ClO3. The van der Waals surface area contributed by atoms with Gasteiger partial charge in [-0.05, 0) is 12.1 Å². The Morgan fingerprint density at radius 2 is 2.00 bits per heavy atom. The average Bonchev–Trinajstić information content (AvgIpc) is 2.21. The summed E-state index contributed by atoms with van der Waals surface area (Å²) in [6.45, 7) is 0.0310. The van der Waals surface area contributed by atoms with Gasteiger partial charge in [0, 0.05) is 23.6 Å². The van der Waals surface area contributed by atoms with Gasteiger partial charge in [-0.1, -0.05) is 11.6 Å². The number of hydrogen-bond acceptors (Lipinski definition) is 3. The predicted octanol–water partition coefficient (Wildman–Crippen LogP) is 1.89. The quantitative estimate of drug-likeness (QED) is 0.836. The zero-order chi connectivity index (χ0) is 10.6. The third-order valence-electron chi connectivity index (χ3n) is 1.95. The van der Waals surface area contributed by atoms with E-state index in [1.807, 2.05) is 0 Å². The molecular weight excluding hydrogens is 204 g/mol. The summed E-state index contributed by atoms with van der Waals surface area (Å²) in [7, 11) is 3.11. The van der Waals surface area contributed by atoms with Gasteiger partial charge in [0.15, 0.2) is 11.5 Å². The third kappa shape index (κ3) is 2.11. The zero-order valence-electron chi connectivity index (χ0n) is 8.21. The van der Waals surface area contributed by atoms with Crippen LogP contribution in [0.5, 0.6) is 11.5 Å². The Hall–Kier alpha value is -0.930. The molecule has 1 N–H and O–H groups in total. The molecule has 0 aliphatic carbocycles. The predicted molar refractivity (Wildman–Crippen MR) is 55.3 cm³/mol. The van der Waals surface area contributed by atoms with Crippen molar-refractivity contribution in [1.29, 1.82) is 0 Å². The molecule has 0 atom stereocenters. The molecule has 1 rings (SSSR count). The Labute approximate surface area is 88.2 Å².